The highest BCUT2D eigenvalue weighted by molar-refractivity contribution is 6.05. The molecule has 2 saturated carbocycles. The van der Waals surface area contributed by atoms with Gasteiger partial charge in [0.1, 0.15) is 45.8 Å². The topological polar surface area (TPSA) is 206 Å². The molecule has 2 aliphatic carbocycles. The van der Waals surface area contributed by atoms with E-state index in [0.717, 1.165) is 24.4 Å². The van der Waals surface area contributed by atoms with Crippen LogP contribution in [0.2, 0.25) is 0 Å². The molecule has 0 radical (unpaired) electrons. The molecule has 2 amide bonds. The second-order valence-corrected chi connectivity index (χ2v) is 16.5. The zero-order chi connectivity index (χ0) is 44.4. The SMILES string of the molecule is CC12CCCC1(O)Cn1cc(C(=O)NCc3ccc(F)cc3F)c(=O)c(O)c1C2=O.COc1c2n(cc(C(=O)NCc3ccc(F)cc3F)c1=O)CC1(O)CCCC1(C)C2=O. The van der Waals surface area contributed by atoms with Gasteiger partial charge in [-0.05, 0) is 64.5 Å². The van der Waals surface area contributed by atoms with Crippen molar-refractivity contribution in [3.8, 4) is 11.5 Å². The van der Waals surface area contributed by atoms with Crippen molar-refractivity contribution in [2.45, 2.75) is 89.8 Å². The number of pyridine rings is 2. The highest BCUT2D eigenvalue weighted by atomic mass is 19.1. The summed E-state index contributed by atoms with van der Waals surface area (Å²) >= 11 is 0. The molecule has 2 aliphatic heterocycles. The van der Waals surface area contributed by atoms with Crippen LogP contribution in [-0.4, -0.2) is 66.1 Å². The van der Waals surface area contributed by atoms with Gasteiger partial charge in [-0.15, -0.1) is 0 Å². The fourth-order valence-corrected chi connectivity index (χ4v) is 9.12. The molecule has 2 aromatic carbocycles. The first-order chi connectivity index (χ1) is 28.7. The number of nitrogens with one attached hydrogen (secondary N) is 2. The summed E-state index contributed by atoms with van der Waals surface area (Å²) in [6.07, 6.45) is 5.37. The van der Waals surface area contributed by atoms with E-state index in [0.29, 0.717) is 50.7 Å². The molecule has 18 heteroatoms. The molecule has 4 heterocycles. The van der Waals surface area contributed by atoms with Crippen LogP contribution < -0.4 is 26.2 Å². The van der Waals surface area contributed by atoms with Crippen molar-refractivity contribution in [3.63, 3.8) is 0 Å². The van der Waals surface area contributed by atoms with Gasteiger partial charge in [0.2, 0.25) is 10.9 Å². The van der Waals surface area contributed by atoms with Gasteiger partial charge < -0.3 is 39.8 Å². The number of amides is 2. The molecular weight excluding hydrogens is 808 g/mol. The number of ether oxygens (including phenoxy) is 1. The number of aromatic hydroxyl groups is 1. The maximum absolute atomic E-state index is 13.8. The van der Waals surface area contributed by atoms with E-state index in [1.165, 1.54) is 28.5 Å². The number of aliphatic hydroxyl groups is 2. The fourth-order valence-electron chi connectivity index (χ4n) is 9.12. The Morgan fingerprint density at radius 1 is 0.689 bits per heavy atom. The number of hydrogen-bond donors (Lipinski definition) is 5. The summed E-state index contributed by atoms with van der Waals surface area (Å²) in [5.41, 5.74) is -7.46. The number of ketones is 2. The Morgan fingerprint density at radius 3 is 1.56 bits per heavy atom. The number of Topliss-reactive ketones (excluding diaryl/α,β-unsaturated/α-hetero) is 2. The van der Waals surface area contributed by atoms with Crippen molar-refractivity contribution in [2.24, 2.45) is 10.8 Å². The lowest BCUT2D eigenvalue weighted by molar-refractivity contribution is -0.0586. The number of carbonyl (C=O) groups is 4. The monoisotopic (exact) mass is 850 g/mol. The van der Waals surface area contributed by atoms with Crippen LogP contribution in [-0.2, 0) is 26.2 Å². The number of hydrogen-bond acceptors (Lipinski definition) is 10. The molecule has 4 atom stereocenters. The number of rotatable bonds is 7. The molecule has 2 aromatic heterocycles. The molecule has 2 fully saturated rings. The number of halogens is 4. The molecule has 5 N–H and O–H groups in total. The lowest BCUT2D eigenvalue weighted by atomic mass is 9.69. The third-order valence-corrected chi connectivity index (χ3v) is 13.0. The molecule has 0 saturated heterocycles. The number of methoxy groups -OCH3 is 1. The van der Waals surface area contributed by atoms with Gasteiger partial charge in [-0.25, -0.2) is 17.6 Å². The summed E-state index contributed by atoms with van der Waals surface area (Å²) in [6, 6.07) is 5.83. The Balaban J connectivity index is 0.000000184. The fraction of sp³-hybridized carbons (Fsp3) is 0.395. The number of carbonyl (C=O) groups excluding carboxylic acids is 4. The second-order valence-electron chi connectivity index (χ2n) is 16.5. The molecule has 4 aromatic rings. The first kappa shape index (κ1) is 43.0. The third-order valence-electron chi connectivity index (χ3n) is 13.0. The normalized spacial score (nSPS) is 24.7. The van der Waals surface area contributed by atoms with Crippen LogP contribution in [0.5, 0.6) is 11.5 Å². The molecule has 8 rings (SSSR count). The minimum absolute atomic E-state index is 0.0123. The van der Waals surface area contributed by atoms with Gasteiger partial charge in [-0.2, -0.15) is 0 Å². The van der Waals surface area contributed by atoms with Crippen molar-refractivity contribution in [1.29, 1.82) is 0 Å². The lowest BCUT2D eigenvalue weighted by Crippen LogP contribution is -2.55. The Labute approximate surface area is 344 Å². The molecule has 0 bridgehead atoms. The third kappa shape index (κ3) is 7.00. The Morgan fingerprint density at radius 2 is 1.11 bits per heavy atom. The zero-order valence-corrected chi connectivity index (χ0v) is 33.3. The van der Waals surface area contributed by atoms with E-state index < -0.39 is 90.9 Å². The number of fused-ring (bicyclic) bond motifs is 4. The molecule has 4 unspecified atom stereocenters. The van der Waals surface area contributed by atoms with E-state index in [4.69, 9.17) is 4.74 Å². The van der Waals surface area contributed by atoms with E-state index in [9.17, 15) is 61.6 Å². The van der Waals surface area contributed by atoms with Gasteiger partial charge in [-0.3, -0.25) is 28.8 Å². The largest absolute Gasteiger partial charge is 0.503 e. The highest BCUT2D eigenvalue weighted by Crippen LogP contribution is 2.53. The summed E-state index contributed by atoms with van der Waals surface area (Å²) in [7, 11) is 1.23. The van der Waals surface area contributed by atoms with E-state index >= 15 is 0 Å². The average molecular weight is 851 g/mol. The van der Waals surface area contributed by atoms with E-state index in [1.807, 2.05) is 0 Å². The standard InChI is InChI=1S/C22H22F2N2O5.C21H20F2N2O5/c1-21-6-3-7-22(21,30)11-26-10-14(17(27)18(31-2)16(26)19(21)28)20(29)25-9-12-4-5-13(23)8-15(12)24;1-20-5-2-6-21(20,30)10-25-9-13(16(26)17(27)15(25)18(20)28)19(29)24-8-11-3-4-12(22)7-14(11)23/h4-5,8,10,30H,3,6-7,9,11H2,1-2H3,(H,25,29);3-4,7,9,27,30H,2,5-6,8,10H2,1H3,(H,24,29). The van der Waals surface area contributed by atoms with Gasteiger partial charge in [0.15, 0.2) is 23.1 Å². The van der Waals surface area contributed by atoms with Gasteiger partial charge in [0.25, 0.3) is 11.8 Å². The summed E-state index contributed by atoms with van der Waals surface area (Å²) in [6.45, 7) is 2.71. The van der Waals surface area contributed by atoms with Crippen molar-refractivity contribution >= 4 is 23.4 Å². The minimum atomic E-state index is -1.34. The van der Waals surface area contributed by atoms with Crippen molar-refractivity contribution in [1.82, 2.24) is 19.8 Å². The maximum Gasteiger partial charge on any atom is 0.257 e. The molecule has 61 heavy (non-hydrogen) atoms. The lowest BCUT2D eigenvalue weighted by Gasteiger charge is -2.44. The number of aromatic nitrogens is 2. The second kappa shape index (κ2) is 15.4. The quantitative estimate of drug-likeness (QED) is 0.169. The molecule has 0 spiro atoms. The van der Waals surface area contributed by atoms with Gasteiger partial charge >= 0.3 is 0 Å². The molecule has 4 aliphatic rings. The predicted octanol–water partition coefficient (Wildman–Crippen LogP) is 4.06. The van der Waals surface area contributed by atoms with Crippen molar-refractivity contribution in [3.05, 3.63) is 126 Å². The Kier molecular flexibility index (Phi) is 10.8. The number of benzene rings is 2. The van der Waals surface area contributed by atoms with Crippen LogP contribution in [0.25, 0.3) is 0 Å². The average Bonchev–Trinajstić information content (AvgIpc) is 3.69. The predicted molar refractivity (Wildman–Crippen MR) is 207 cm³/mol. The van der Waals surface area contributed by atoms with Crippen LogP contribution >= 0.6 is 0 Å². The van der Waals surface area contributed by atoms with Crippen LogP contribution in [0.1, 0.15) is 105 Å². The zero-order valence-electron chi connectivity index (χ0n) is 33.3. The summed E-state index contributed by atoms with van der Waals surface area (Å²) in [5, 5.41) is 37.3. The summed E-state index contributed by atoms with van der Waals surface area (Å²) in [4.78, 5) is 77.0. The van der Waals surface area contributed by atoms with Crippen molar-refractivity contribution in [2.75, 3.05) is 7.11 Å². The first-order valence-corrected chi connectivity index (χ1v) is 19.4. The molecule has 322 valence electrons. The number of nitrogens with zero attached hydrogens (tertiary/aromatic N) is 2. The van der Waals surface area contributed by atoms with Crippen LogP contribution in [0.15, 0.2) is 58.4 Å². The highest BCUT2D eigenvalue weighted by Gasteiger charge is 2.60. The van der Waals surface area contributed by atoms with Crippen LogP contribution in [0, 0.1) is 34.1 Å². The smallest absolute Gasteiger partial charge is 0.257 e. The van der Waals surface area contributed by atoms with E-state index in [2.05, 4.69) is 10.6 Å². The first-order valence-electron chi connectivity index (χ1n) is 19.4. The summed E-state index contributed by atoms with van der Waals surface area (Å²) < 4.78 is 61.5. The van der Waals surface area contributed by atoms with E-state index in [-0.39, 0.29) is 60.0 Å². The van der Waals surface area contributed by atoms with Gasteiger partial charge in [-0.1, -0.05) is 12.1 Å². The van der Waals surface area contributed by atoms with Crippen LogP contribution in [0.4, 0.5) is 17.6 Å². The maximum atomic E-state index is 13.8. The van der Waals surface area contributed by atoms with Gasteiger partial charge in [0, 0.05) is 48.7 Å². The van der Waals surface area contributed by atoms with E-state index in [1.54, 1.807) is 13.8 Å². The summed E-state index contributed by atoms with van der Waals surface area (Å²) in [5.74, 6) is -6.93. The Bertz CT molecular complexity index is 2670. The van der Waals surface area contributed by atoms with Gasteiger partial charge in [0.05, 0.1) is 42.2 Å². The Hall–Kier alpha value is -6.14. The molecule has 14 nitrogen and oxygen atoms in total. The van der Waals surface area contributed by atoms with Crippen molar-refractivity contribution < 1.29 is 56.8 Å². The van der Waals surface area contributed by atoms with Crippen LogP contribution in [0.3, 0.4) is 0 Å². The molecular formula is C43H42F4N4O10. The minimum Gasteiger partial charge on any atom is -0.503 e.